The number of halogens is 1. The number of nitrogens with one attached hydrogen (secondary N) is 1. The Labute approximate surface area is 191 Å². The smallest absolute Gasteiger partial charge is 0.291 e. The zero-order valence-corrected chi connectivity index (χ0v) is 18.7. The van der Waals surface area contributed by atoms with Crippen LogP contribution in [-0.2, 0) is 13.0 Å². The second-order valence-corrected chi connectivity index (χ2v) is 8.49. The summed E-state index contributed by atoms with van der Waals surface area (Å²) < 4.78 is 3.76. The fourth-order valence-electron chi connectivity index (χ4n) is 4.25. The summed E-state index contributed by atoms with van der Waals surface area (Å²) in [5.41, 5.74) is 5.42. The number of para-hydroxylation sites is 1. The second-order valence-electron chi connectivity index (χ2n) is 8.09. The van der Waals surface area contributed by atoms with E-state index in [-0.39, 0.29) is 17.8 Å². The normalized spacial score (nSPS) is 15.0. The van der Waals surface area contributed by atoms with Gasteiger partial charge in [0.05, 0.1) is 18.3 Å². The first-order valence-corrected chi connectivity index (χ1v) is 11.0. The van der Waals surface area contributed by atoms with E-state index in [9.17, 15) is 4.79 Å². The number of carbonyl (C=O) groups excluding carboxylic acids is 1. The lowest BCUT2D eigenvalue weighted by molar-refractivity contribution is 0.0922. The summed E-state index contributed by atoms with van der Waals surface area (Å²) in [7, 11) is 0. The van der Waals surface area contributed by atoms with Crippen LogP contribution in [0, 0.1) is 13.8 Å². The van der Waals surface area contributed by atoms with E-state index >= 15 is 0 Å². The molecule has 162 valence electrons. The van der Waals surface area contributed by atoms with Crippen molar-refractivity contribution in [3.63, 3.8) is 0 Å². The third-order valence-electron chi connectivity index (χ3n) is 5.93. The van der Waals surface area contributed by atoms with Crippen molar-refractivity contribution in [3.8, 4) is 5.69 Å². The van der Waals surface area contributed by atoms with Gasteiger partial charge >= 0.3 is 0 Å². The van der Waals surface area contributed by atoms with Crippen molar-refractivity contribution in [3.05, 3.63) is 94.0 Å². The van der Waals surface area contributed by atoms with Gasteiger partial charge in [-0.05, 0) is 55.5 Å². The molecular formula is C24H23ClN6O. The highest BCUT2D eigenvalue weighted by Gasteiger charge is 2.27. The topological polar surface area (TPSA) is 77.6 Å². The predicted molar refractivity (Wildman–Crippen MR) is 122 cm³/mol. The third kappa shape index (κ3) is 3.69. The van der Waals surface area contributed by atoms with E-state index in [0.29, 0.717) is 11.6 Å². The van der Waals surface area contributed by atoms with Gasteiger partial charge < -0.3 is 5.32 Å². The molecule has 2 aromatic heterocycles. The Kier molecular flexibility index (Phi) is 5.27. The molecule has 2 aromatic carbocycles. The van der Waals surface area contributed by atoms with Crippen LogP contribution in [0.1, 0.15) is 51.3 Å². The van der Waals surface area contributed by atoms with Crippen LogP contribution < -0.4 is 5.32 Å². The number of aromatic nitrogens is 5. The van der Waals surface area contributed by atoms with Crippen molar-refractivity contribution < 1.29 is 4.79 Å². The summed E-state index contributed by atoms with van der Waals surface area (Å²) in [6.45, 7) is 4.48. The Bertz CT molecular complexity index is 1290. The van der Waals surface area contributed by atoms with Crippen LogP contribution in [0.25, 0.3) is 5.69 Å². The third-order valence-corrected chi connectivity index (χ3v) is 6.28. The maximum Gasteiger partial charge on any atom is 0.291 e. The number of fused-ring (bicyclic) bond motifs is 3. The number of carbonyl (C=O) groups is 1. The summed E-state index contributed by atoms with van der Waals surface area (Å²) >= 11 is 6.33. The van der Waals surface area contributed by atoms with E-state index in [1.54, 1.807) is 11.0 Å². The van der Waals surface area contributed by atoms with Crippen LogP contribution in [0.4, 0.5) is 0 Å². The Balaban J connectivity index is 1.37. The highest BCUT2D eigenvalue weighted by molar-refractivity contribution is 6.31. The number of nitrogens with zero attached hydrogens (tertiary/aromatic N) is 5. The molecule has 1 aliphatic rings. The average molecular weight is 447 g/mol. The van der Waals surface area contributed by atoms with Crippen molar-refractivity contribution in [1.29, 1.82) is 0 Å². The molecule has 0 fully saturated rings. The van der Waals surface area contributed by atoms with Gasteiger partial charge in [0, 0.05) is 16.9 Å². The van der Waals surface area contributed by atoms with E-state index in [2.05, 4.69) is 37.1 Å². The van der Waals surface area contributed by atoms with Gasteiger partial charge in [0.25, 0.3) is 5.91 Å². The molecule has 1 atom stereocenters. The minimum Gasteiger partial charge on any atom is -0.339 e. The highest BCUT2D eigenvalue weighted by Crippen LogP contribution is 2.30. The van der Waals surface area contributed by atoms with Crippen LogP contribution in [-0.4, -0.2) is 30.2 Å². The van der Waals surface area contributed by atoms with E-state index in [4.69, 9.17) is 11.6 Å². The van der Waals surface area contributed by atoms with Gasteiger partial charge in [0.15, 0.2) is 0 Å². The summed E-state index contributed by atoms with van der Waals surface area (Å²) in [5, 5.41) is 8.15. The number of amides is 1. The van der Waals surface area contributed by atoms with Crippen LogP contribution in [0.5, 0.6) is 0 Å². The van der Waals surface area contributed by atoms with E-state index < -0.39 is 0 Å². The first-order chi connectivity index (χ1) is 15.5. The predicted octanol–water partition coefficient (Wildman–Crippen LogP) is 4.20. The van der Waals surface area contributed by atoms with Gasteiger partial charge in [-0.1, -0.05) is 41.9 Å². The van der Waals surface area contributed by atoms with E-state index in [1.807, 2.05) is 50.4 Å². The van der Waals surface area contributed by atoms with E-state index in [1.165, 1.54) is 5.56 Å². The Hall–Kier alpha value is -3.45. The van der Waals surface area contributed by atoms with Crippen molar-refractivity contribution >= 4 is 17.5 Å². The fourth-order valence-corrected chi connectivity index (χ4v) is 4.53. The Morgan fingerprint density at radius 2 is 2.00 bits per heavy atom. The maximum atomic E-state index is 13.0. The summed E-state index contributed by atoms with van der Waals surface area (Å²) in [4.78, 5) is 21.8. The molecule has 1 unspecified atom stereocenters. The maximum absolute atomic E-state index is 13.0. The number of hydrogen-bond acceptors (Lipinski definition) is 4. The van der Waals surface area contributed by atoms with Gasteiger partial charge in [-0.3, -0.25) is 9.36 Å². The van der Waals surface area contributed by atoms with Crippen LogP contribution in [0.2, 0.25) is 5.02 Å². The SMILES string of the molecule is Cc1cccc(Cl)c1Cn1cnc(C(=O)NC2CCc3ccccc3-n3c(C)cnc32)n1. The lowest BCUT2D eigenvalue weighted by atomic mass is 10.1. The number of hydrogen-bond donors (Lipinski definition) is 1. The molecule has 1 aliphatic heterocycles. The summed E-state index contributed by atoms with van der Waals surface area (Å²) in [5.74, 6) is 0.640. The van der Waals surface area contributed by atoms with Gasteiger partial charge in [0.2, 0.25) is 5.82 Å². The molecule has 8 heteroatoms. The molecule has 0 bridgehead atoms. The van der Waals surface area contributed by atoms with Crippen LogP contribution in [0.3, 0.4) is 0 Å². The van der Waals surface area contributed by atoms with Crippen molar-refractivity contribution in [1.82, 2.24) is 29.6 Å². The second kappa shape index (κ2) is 8.24. The minimum absolute atomic E-state index is 0.131. The largest absolute Gasteiger partial charge is 0.339 e. The zero-order chi connectivity index (χ0) is 22.2. The van der Waals surface area contributed by atoms with Gasteiger partial charge in [0.1, 0.15) is 12.2 Å². The molecule has 0 spiro atoms. The van der Waals surface area contributed by atoms with Crippen molar-refractivity contribution in [2.24, 2.45) is 0 Å². The average Bonchev–Trinajstić information content (AvgIpc) is 3.37. The van der Waals surface area contributed by atoms with Gasteiger partial charge in [-0.25, -0.2) is 14.6 Å². The highest BCUT2D eigenvalue weighted by atomic mass is 35.5. The monoisotopic (exact) mass is 446 g/mol. The summed E-state index contributed by atoms with van der Waals surface area (Å²) in [6, 6.07) is 13.8. The first kappa shape index (κ1) is 20.5. The van der Waals surface area contributed by atoms with E-state index in [0.717, 1.165) is 41.2 Å². The zero-order valence-electron chi connectivity index (χ0n) is 17.9. The fraction of sp³-hybridized carbons (Fsp3) is 0.250. The lowest BCUT2D eigenvalue weighted by Gasteiger charge is -2.16. The molecule has 1 amide bonds. The molecule has 7 nitrogen and oxygen atoms in total. The molecule has 0 radical (unpaired) electrons. The Morgan fingerprint density at radius 1 is 1.16 bits per heavy atom. The van der Waals surface area contributed by atoms with Crippen LogP contribution >= 0.6 is 11.6 Å². The molecule has 0 saturated carbocycles. The lowest BCUT2D eigenvalue weighted by Crippen LogP contribution is -2.31. The van der Waals surface area contributed by atoms with Gasteiger partial charge in [-0.2, -0.15) is 0 Å². The molecule has 3 heterocycles. The molecular weight excluding hydrogens is 424 g/mol. The van der Waals surface area contributed by atoms with Crippen molar-refractivity contribution in [2.45, 2.75) is 39.3 Å². The first-order valence-electron chi connectivity index (χ1n) is 10.6. The molecule has 4 aromatic rings. The number of benzene rings is 2. The molecule has 1 N–H and O–H groups in total. The summed E-state index contributed by atoms with van der Waals surface area (Å²) in [6.07, 6.45) is 5.00. The Morgan fingerprint density at radius 3 is 2.84 bits per heavy atom. The number of imidazole rings is 1. The molecule has 0 aliphatic carbocycles. The van der Waals surface area contributed by atoms with Crippen molar-refractivity contribution in [2.75, 3.05) is 0 Å². The van der Waals surface area contributed by atoms with Gasteiger partial charge in [-0.15, -0.1) is 5.10 Å². The standard InChI is InChI=1S/C24H23ClN6O/c1-15-6-5-8-19(25)18(15)13-30-14-27-22(29-30)24(32)28-20-11-10-17-7-3-4-9-21(17)31-16(2)12-26-23(20)31/h3-9,12,14,20H,10-11,13H2,1-2H3,(H,28,32). The van der Waals surface area contributed by atoms with Crippen LogP contribution in [0.15, 0.2) is 55.0 Å². The quantitative estimate of drug-likeness (QED) is 0.509. The number of rotatable bonds is 4. The molecule has 0 saturated heterocycles. The number of aryl methyl sites for hydroxylation is 3. The minimum atomic E-state index is -0.317. The molecule has 5 rings (SSSR count). The molecule has 32 heavy (non-hydrogen) atoms.